The van der Waals surface area contributed by atoms with Crippen LogP contribution in [0.5, 0.6) is 0 Å². The standard InChI is InChI=1S/C10H16.Cl3N/c1-7-2-9-4-8(1)5-10(3-7)6-9;1-4(2)3/h7-10H,1-6H2;. The number of rotatable bonds is 0. The zero-order valence-electron chi connectivity index (χ0n) is 8.13. The fourth-order valence-corrected chi connectivity index (χ4v) is 3.98. The van der Waals surface area contributed by atoms with E-state index in [2.05, 4.69) is 35.3 Å². The van der Waals surface area contributed by atoms with Crippen molar-refractivity contribution < 1.29 is 0 Å². The lowest BCUT2D eigenvalue weighted by Crippen LogP contribution is -2.38. The van der Waals surface area contributed by atoms with Gasteiger partial charge in [-0.05, 0) is 65.7 Å². The van der Waals surface area contributed by atoms with Gasteiger partial charge in [-0.15, -0.1) is 0 Å². The molecule has 0 amide bonds. The van der Waals surface area contributed by atoms with Crippen molar-refractivity contribution in [1.29, 1.82) is 0 Å². The van der Waals surface area contributed by atoms with Gasteiger partial charge in [0.25, 0.3) is 0 Å². The Morgan fingerprint density at radius 1 is 0.571 bits per heavy atom. The second-order valence-corrected chi connectivity index (χ2v) is 6.60. The van der Waals surface area contributed by atoms with Gasteiger partial charge in [0, 0.05) is 35.3 Å². The van der Waals surface area contributed by atoms with Gasteiger partial charge >= 0.3 is 0 Å². The van der Waals surface area contributed by atoms with E-state index in [0.717, 1.165) is 0 Å². The minimum atomic E-state index is 0.417. The van der Waals surface area contributed by atoms with Crippen molar-refractivity contribution in [1.82, 2.24) is 3.46 Å². The molecule has 0 N–H and O–H groups in total. The van der Waals surface area contributed by atoms with Crippen LogP contribution in [-0.4, -0.2) is 3.46 Å². The van der Waals surface area contributed by atoms with E-state index in [1.165, 1.54) is 23.7 Å². The van der Waals surface area contributed by atoms with Crippen LogP contribution in [0.3, 0.4) is 0 Å². The van der Waals surface area contributed by atoms with Crippen molar-refractivity contribution in [3.63, 3.8) is 0 Å². The molecule has 4 heteroatoms. The quantitative estimate of drug-likeness (QED) is 0.573. The zero-order valence-corrected chi connectivity index (χ0v) is 10.4. The molecule has 0 aromatic rings. The molecule has 4 fully saturated rings. The Bertz CT molecular complexity index is 137. The molecule has 0 spiro atoms. The molecule has 0 atom stereocenters. The van der Waals surface area contributed by atoms with E-state index in [-0.39, 0.29) is 0 Å². The van der Waals surface area contributed by atoms with E-state index in [0.29, 0.717) is 3.46 Å². The highest BCUT2D eigenvalue weighted by atomic mass is 35.6. The van der Waals surface area contributed by atoms with Crippen molar-refractivity contribution in [2.24, 2.45) is 23.7 Å². The van der Waals surface area contributed by atoms with Crippen LogP contribution < -0.4 is 0 Å². The third kappa shape index (κ3) is 2.91. The van der Waals surface area contributed by atoms with E-state index in [4.69, 9.17) is 0 Å². The Morgan fingerprint density at radius 2 is 0.714 bits per heavy atom. The predicted molar refractivity (Wildman–Crippen MR) is 61.1 cm³/mol. The van der Waals surface area contributed by atoms with Gasteiger partial charge in [-0.2, -0.15) is 0 Å². The molecule has 0 saturated heterocycles. The molecule has 4 rings (SSSR count). The van der Waals surface area contributed by atoms with Crippen LogP contribution in [0.1, 0.15) is 38.5 Å². The number of hydrogen-bond acceptors (Lipinski definition) is 1. The Kier molecular flexibility index (Phi) is 3.86. The first-order valence-electron chi connectivity index (χ1n) is 5.41. The van der Waals surface area contributed by atoms with Crippen molar-refractivity contribution in [3.05, 3.63) is 0 Å². The molecule has 4 saturated carbocycles. The number of halogens is 3. The van der Waals surface area contributed by atoms with Crippen molar-refractivity contribution in [3.8, 4) is 0 Å². The van der Waals surface area contributed by atoms with Crippen LogP contribution in [0.15, 0.2) is 0 Å². The second kappa shape index (κ2) is 4.78. The van der Waals surface area contributed by atoms with E-state index in [1.807, 2.05) is 0 Å². The van der Waals surface area contributed by atoms with E-state index in [9.17, 15) is 0 Å². The minimum absolute atomic E-state index is 0.417. The van der Waals surface area contributed by atoms with Crippen molar-refractivity contribution >= 4 is 35.3 Å². The summed E-state index contributed by atoms with van der Waals surface area (Å²) in [6.07, 6.45) is 9.62. The molecule has 0 heterocycles. The molecule has 1 nitrogen and oxygen atoms in total. The fourth-order valence-electron chi connectivity index (χ4n) is 3.98. The third-order valence-electron chi connectivity index (χ3n) is 4.00. The Balaban J connectivity index is 0.000000165. The lowest BCUT2D eigenvalue weighted by atomic mass is 9.56. The summed E-state index contributed by atoms with van der Waals surface area (Å²) in [6, 6.07) is 0. The molecule has 4 aliphatic rings. The maximum atomic E-state index is 4.64. The molecule has 0 radical (unpaired) electrons. The molecule has 0 aliphatic heterocycles. The summed E-state index contributed by atoms with van der Waals surface area (Å²) in [5.74, 6) is 4.71. The average molecular weight is 257 g/mol. The molecule has 0 aromatic heterocycles. The van der Waals surface area contributed by atoms with Crippen molar-refractivity contribution in [2.75, 3.05) is 0 Å². The smallest absolute Gasteiger partial charge is 0.0127 e. The SMILES string of the molecule is C1C2CC3CC1CC(C2)C3.ClN(Cl)Cl. The fraction of sp³-hybridized carbons (Fsp3) is 1.00. The van der Waals surface area contributed by atoms with Gasteiger partial charge in [0.15, 0.2) is 0 Å². The lowest BCUT2D eigenvalue weighted by molar-refractivity contribution is 0.0198. The molecular formula is C10H16Cl3N. The summed E-state index contributed by atoms with van der Waals surface area (Å²) in [5.41, 5.74) is 0. The van der Waals surface area contributed by atoms with Crippen LogP contribution >= 0.6 is 35.3 Å². The highest BCUT2D eigenvalue weighted by Gasteiger charge is 2.41. The number of nitrogens with zero attached hydrogens (tertiary/aromatic N) is 1. The number of hydrogen-bond donors (Lipinski definition) is 0. The summed E-state index contributed by atoms with van der Waals surface area (Å²) in [6.45, 7) is 0. The van der Waals surface area contributed by atoms with Crippen molar-refractivity contribution in [2.45, 2.75) is 38.5 Å². The van der Waals surface area contributed by atoms with Gasteiger partial charge in [0.2, 0.25) is 0 Å². The second-order valence-electron chi connectivity index (χ2n) is 5.07. The first-order valence-corrected chi connectivity index (χ1v) is 6.42. The molecule has 4 aliphatic carbocycles. The lowest BCUT2D eigenvalue weighted by Gasteiger charge is -2.49. The summed E-state index contributed by atoms with van der Waals surface area (Å²) in [5, 5.41) is 0. The molecule has 4 bridgehead atoms. The maximum absolute atomic E-state index is 4.64. The van der Waals surface area contributed by atoms with Crippen LogP contribution in [0.2, 0.25) is 0 Å². The maximum Gasteiger partial charge on any atom is 0.0127 e. The largest absolute Gasteiger partial charge is 0.0475 e. The van der Waals surface area contributed by atoms with Gasteiger partial charge in [-0.25, -0.2) is 0 Å². The van der Waals surface area contributed by atoms with Gasteiger partial charge in [0.1, 0.15) is 0 Å². The Labute approximate surface area is 101 Å². The monoisotopic (exact) mass is 255 g/mol. The van der Waals surface area contributed by atoms with Gasteiger partial charge in [-0.1, -0.05) is 0 Å². The highest BCUT2D eigenvalue weighted by molar-refractivity contribution is 6.50. The molecular weight excluding hydrogens is 240 g/mol. The van der Waals surface area contributed by atoms with Crippen LogP contribution in [0, 0.1) is 23.7 Å². The van der Waals surface area contributed by atoms with Gasteiger partial charge < -0.3 is 0 Å². The third-order valence-corrected chi connectivity index (χ3v) is 4.00. The van der Waals surface area contributed by atoms with Crippen LogP contribution in [0.4, 0.5) is 0 Å². The molecule has 14 heavy (non-hydrogen) atoms. The minimum Gasteiger partial charge on any atom is -0.0475 e. The molecule has 82 valence electrons. The first kappa shape index (κ1) is 11.3. The van der Waals surface area contributed by atoms with Crippen LogP contribution in [0.25, 0.3) is 0 Å². The average Bonchev–Trinajstić information content (AvgIpc) is 1.98. The van der Waals surface area contributed by atoms with E-state index >= 15 is 0 Å². The topological polar surface area (TPSA) is 3.24 Å². The Morgan fingerprint density at radius 3 is 0.857 bits per heavy atom. The Hall–Kier alpha value is 0.830. The zero-order chi connectivity index (χ0) is 10.1. The first-order chi connectivity index (χ1) is 6.63. The summed E-state index contributed by atoms with van der Waals surface area (Å²) < 4.78 is 0.417. The van der Waals surface area contributed by atoms with Gasteiger partial charge in [0.05, 0.1) is 0 Å². The summed E-state index contributed by atoms with van der Waals surface area (Å²) in [4.78, 5) is 0. The summed E-state index contributed by atoms with van der Waals surface area (Å²) >= 11 is 13.9. The van der Waals surface area contributed by atoms with Gasteiger partial charge in [-0.3, -0.25) is 0 Å². The van der Waals surface area contributed by atoms with E-state index < -0.39 is 0 Å². The molecule has 0 aromatic carbocycles. The van der Waals surface area contributed by atoms with Crippen LogP contribution in [-0.2, 0) is 0 Å². The summed E-state index contributed by atoms with van der Waals surface area (Å²) in [7, 11) is 0. The predicted octanol–water partition coefficient (Wildman–Crippen LogP) is 4.58. The van der Waals surface area contributed by atoms with E-state index in [1.54, 1.807) is 38.5 Å². The normalized spacial score (nSPS) is 43.7. The highest BCUT2D eigenvalue weighted by Crippen LogP contribution is 2.53. The molecule has 0 unspecified atom stereocenters.